The molecule has 0 aromatic heterocycles. The van der Waals surface area contributed by atoms with E-state index in [4.69, 9.17) is 0 Å². The van der Waals surface area contributed by atoms with Gasteiger partial charge in [0.2, 0.25) is 0 Å². The standard InChI is InChI=1S/C18H14O2/c19-16-8-7-11-5-6-14-9-12-3-1-2-4-13(12)10-15(14)17(11)18(16)20/h1-10,16,18-20H/t16-,18+/m0/s1. The number of aliphatic hydroxyl groups excluding tert-OH is 2. The zero-order valence-electron chi connectivity index (χ0n) is 10.8. The molecule has 0 aliphatic heterocycles. The predicted molar refractivity (Wildman–Crippen MR) is 81.5 cm³/mol. The van der Waals surface area contributed by atoms with Crippen molar-refractivity contribution in [1.29, 1.82) is 0 Å². The maximum atomic E-state index is 10.3. The summed E-state index contributed by atoms with van der Waals surface area (Å²) >= 11 is 0. The third kappa shape index (κ3) is 1.59. The molecule has 2 atom stereocenters. The van der Waals surface area contributed by atoms with Crippen LogP contribution in [0.3, 0.4) is 0 Å². The number of hydrogen-bond acceptors (Lipinski definition) is 2. The molecule has 0 unspecified atom stereocenters. The summed E-state index contributed by atoms with van der Waals surface area (Å²) in [6.45, 7) is 0. The zero-order chi connectivity index (χ0) is 13.7. The lowest BCUT2D eigenvalue weighted by molar-refractivity contribution is 0.0480. The highest BCUT2D eigenvalue weighted by Crippen LogP contribution is 2.36. The van der Waals surface area contributed by atoms with Gasteiger partial charge >= 0.3 is 0 Å². The van der Waals surface area contributed by atoms with Crippen molar-refractivity contribution in [2.45, 2.75) is 12.2 Å². The molecule has 4 rings (SSSR count). The Hall–Kier alpha value is -2.16. The summed E-state index contributed by atoms with van der Waals surface area (Å²) in [6.07, 6.45) is 1.82. The Morgan fingerprint density at radius 2 is 1.55 bits per heavy atom. The molecule has 2 N–H and O–H groups in total. The lowest BCUT2D eigenvalue weighted by Gasteiger charge is -2.23. The molecule has 0 saturated heterocycles. The van der Waals surface area contributed by atoms with Crippen LogP contribution in [-0.4, -0.2) is 16.3 Å². The highest BCUT2D eigenvalue weighted by Gasteiger charge is 2.24. The molecule has 1 aliphatic carbocycles. The van der Waals surface area contributed by atoms with Crippen molar-refractivity contribution in [2.75, 3.05) is 0 Å². The predicted octanol–water partition coefficient (Wildman–Crippen LogP) is 3.41. The molecule has 98 valence electrons. The van der Waals surface area contributed by atoms with E-state index in [-0.39, 0.29) is 0 Å². The summed E-state index contributed by atoms with van der Waals surface area (Å²) in [5, 5.41) is 24.6. The summed E-state index contributed by atoms with van der Waals surface area (Å²) in [4.78, 5) is 0. The van der Waals surface area contributed by atoms with Gasteiger partial charge in [-0.05, 0) is 44.8 Å². The molecule has 0 spiro atoms. The zero-order valence-corrected chi connectivity index (χ0v) is 10.8. The van der Waals surface area contributed by atoms with Crippen LogP contribution in [0.2, 0.25) is 0 Å². The molecule has 3 aromatic rings. The second kappa shape index (κ2) is 4.17. The van der Waals surface area contributed by atoms with Crippen molar-refractivity contribution < 1.29 is 10.2 Å². The third-order valence-electron chi connectivity index (χ3n) is 4.05. The van der Waals surface area contributed by atoms with Crippen LogP contribution in [-0.2, 0) is 0 Å². The Balaban J connectivity index is 2.12. The van der Waals surface area contributed by atoms with E-state index in [1.54, 1.807) is 6.08 Å². The fraction of sp³-hybridized carbons (Fsp3) is 0.111. The minimum absolute atomic E-state index is 0.822. The van der Waals surface area contributed by atoms with Crippen LogP contribution in [0.5, 0.6) is 0 Å². The lowest BCUT2D eigenvalue weighted by Crippen LogP contribution is -2.19. The fourth-order valence-corrected chi connectivity index (χ4v) is 3.01. The molecular weight excluding hydrogens is 248 g/mol. The Labute approximate surface area is 116 Å². The SMILES string of the molecule is O[C@H]1C=Cc2ccc3cc4ccccc4cc3c2[C@@H]1O. The van der Waals surface area contributed by atoms with Crippen LogP contribution in [0.4, 0.5) is 0 Å². The van der Waals surface area contributed by atoms with Crippen molar-refractivity contribution in [1.82, 2.24) is 0 Å². The topological polar surface area (TPSA) is 40.5 Å². The van der Waals surface area contributed by atoms with E-state index < -0.39 is 12.2 Å². The number of aliphatic hydroxyl groups is 2. The molecule has 20 heavy (non-hydrogen) atoms. The normalized spacial score (nSPS) is 21.3. The van der Waals surface area contributed by atoms with E-state index in [2.05, 4.69) is 30.3 Å². The average molecular weight is 262 g/mol. The first-order valence-corrected chi connectivity index (χ1v) is 6.74. The number of fused-ring (bicyclic) bond motifs is 4. The molecule has 0 fully saturated rings. The highest BCUT2D eigenvalue weighted by molar-refractivity contribution is 6.01. The summed E-state index contributed by atoms with van der Waals surface area (Å²) < 4.78 is 0. The van der Waals surface area contributed by atoms with Crippen molar-refractivity contribution >= 4 is 27.6 Å². The third-order valence-corrected chi connectivity index (χ3v) is 4.05. The molecular formula is C18H14O2. The Morgan fingerprint density at radius 3 is 2.35 bits per heavy atom. The quantitative estimate of drug-likeness (QED) is 0.609. The van der Waals surface area contributed by atoms with Gasteiger partial charge < -0.3 is 10.2 Å². The van der Waals surface area contributed by atoms with Gasteiger partial charge in [0.05, 0.1) is 0 Å². The minimum atomic E-state index is -0.861. The van der Waals surface area contributed by atoms with E-state index in [1.807, 2.05) is 24.3 Å². The first-order chi connectivity index (χ1) is 9.74. The van der Waals surface area contributed by atoms with E-state index in [0.29, 0.717) is 0 Å². The van der Waals surface area contributed by atoms with Crippen molar-refractivity contribution in [3.8, 4) is 0 Å². The fourth-order valence-electron chi connectivity index (χ4n) is 3.01. The van der Waals surface area contributed by atoms with E-state index in [1.165, 1.54) is 5.39 Å². The smallest absolute Gasteiger partial charge is 0.110 e. The Bertz CT molecular complexity index is 849. The van der Waals surface area contributed by atoms with Gasteiger partial charge in [0.1, 0.15) is 12.2 Å². The van der Waals surface area contributed by atoms with Crippen molar-refractivity contribution in [3.05, 3.63) is 65.7 Å². The van der Waals surface area contributed by atoms with Crippen LogP contribution in [0.25, 0.3) is 27.6 Å². The molecule has 0 saturated carbocycles. The number of benzene rings is 3. The van der Waals surface area contributed by atoms with Gasteiger partial charge in [-0.25, -0.2) is 0 Å². The van der Waals surface area contributed by atoms with Gasteiger partial charge in [-0.2, -0.15) is 0 Å². The summed E-state index contributed by atoms with van der Waals surface area (Å²) in [5.74, 6) is 0. The summed E-state index contributed by atoms with van der Waals surface area (Å²) in [7, 11) is 0. The maximum Gasteiger partial charge on any atom is 0.110 e. The van der Waals surface area contributed by atoms with Crippen LogP contribution in [0.1, 0.15) is 17.2 Å². The molecule has 1 aliphatic rings. The minimum Gasteiger partial charge on any atom is -0.386 e. The molecule has 0 bridgehead atoms. The van der Waals surface area contributed by atoms with E-state index >= 15 is 0 Å². The largest absolute Gasteiger partial charge is 0.386 e. The van der Waals surface area contributed by atoms with E-state index in [9.17, 15) is 10.2 Å². The first kappa shape index (κ1) is 11.6. The second-order valence-electron chi connectivity index (χ2n) is 5.28. The lowest BCUT2D eigenvalue weighted by atomic mass is 9.87. The van der Waals surface area contributed by atoms with Gasteiger partial charge in [0.25, 0.3) is 0 Å². The van der Waals surface area contributed by atoms with Gasteiger partial charge in [-0.3, -0.25) is 0 Å². The maximum absolute atomic E-state index is 10.3. The average Bonchev–Trinajstić information content (AvgIpc) is 2.48. The van der Waals surface area contributed by atoms with Crippen molar-refractivity contribution in [2.24, 2.45) is 0 Å². The summed E-state index contributed by atoms with van der Waals surface area (Å²) in [5.41, 5.74) is 1.80. The molecule has 0 amide bonds. The molecule has 0 radical (unpaired) electrons. The Morgan fingerprint density at radius 1 is 0.800 bits per heavy atom. The molecule has 2 nitrogen and oxygen atoms in total. The molecule has 0 heterocycles. The number of rotatable bonds is 0. The van der Waals surface area contributed by atoms with Crippen LogP contribution in [0.15, 0.2) is 54.6 Å². The van der Waals surface area contributed by atoms with Gasteiger partial charge in [-0.1, -0.05) is 48.6 Å². The van der Waals surface area contributed by atoms with Gasteiger partial charge in [0.15, 0.2) is 0 Å². The molecule has 3 aromatic carbocycles. The molecule has 2 heteroatoms. The van der Waals surface area contributed by atoms with Crippen LogP contribution >= 0.6 is 0 Å². The first-order valence-electron chi connectivity index (χ1n) is 6.74. The van der Waals surface area contributed by atoms with Gasteiger partial charge in [-0.15, -0.1) is 0 Å². The van der Waals surface area contributed by atoms with Crippen molar-refractivity contribution in [3.63, 3.8) is 0 Å². The highest BCUT2D eigenvalue weighted by atomic mass is 16.3. The van der Waals surface area contributed by atoms with Crippen LogP contribution in [0, 0.1) is 0 Å². The monoisotopic (exact) mass is 262 g/mol. The second-order valence-corrected chi connectivity index (χ2v) is 5.28. The summed E-state index contributed by atoms with van der Waals surface area (Å²) in [6, 6.07) is 16.5. The Kier molecular flexibility index (Phi) is 2.43. The number of hydrogen-bond donors (Lipinski definition) is 2. The van der Waals surface area contributed by atoms with Gasteiger partial charge in [0, 0.05) is 0 Å². The van der Waals surface area contributed by atoms with E-state index in [0.717, 1.165) is 27.3 Å². The van der Waals surface area contributed by atoms with Crippen LogP contribution < -0.4 is 0 Å².